The van der Waals surface area contributed by atoms with E-state index in [0.29, 0.717) is 12.0 Å². The zero-order valence-electron chi connectivity index (χ0n) is 14.3. The zero-order chi connectivity index (χ0) is 16.7. The lowest BCUT2D eigenvalue weighted by molar-refractivity contribution is -0.132. The van der Waals surface area contributed by atoms with Crippen LogP contribution in [-0.4, -0.2) is 41.9 Å². The van der Waals surface area contributed by atoms with Crippen molar-refractivity contribution < 1.29 is 4.79 Å². The standard InChI is InChI=1S/C19H27N3O/c1-3-21(14-11-19(23)22-12-5-4-6-13-22)16(2)18-9-7-17(15-20)8-10-18/h7-10,16H,3-6,11-14H2,1-2H3. The van der Waals surface area contributed by atoms with E-state index in [2.05, 4.69) is 24.8 Å². The predicted octanol–water partition coefficient (Wildman–Crippen LogP) is 3.34. The van der Waals surface area contributed by atoms with Gasteiger partial charge in [0.2, 0.25) is 5.91 Å². The quantitative estimate of drug-likeness (QED) is 0.809. The molecular weight excluding hydrogens is 286 g/mol. The van der Waals surface area contributed by atoms with Crippen molar-refractivity contribution in [2.75, 3.05) is 26.2 Å². The Balaban J connectivity index is 1.90. The second-order valence-corrected chi connectivity index (χ2v) is 6.23. The van der Waals surface area contributed by atoms with Gasteiger partial charge in [0.1, 0.15) is 0 Å². The summed E-state index contributed by atoms with van der Waals surface area (Å²) in [6, 6.07) is 10.1. The number of amides is 1. The smallest absolute Gasteiger partial charge is 0.223 e. The Labute approximate surface area is 139 Å². The van der Waals surface area contributed by atoms with Gasteiger partial charge in [0, 0.05) is 32.1 Å². The molecule has 0 radical (unpaired) electrons. The molecule has 1 amide bonds. The molecule has 1 saturated heterocycles. The van der Waals surface area contributed by atoms with E-state index < -0.39 is 0 Å². The molecule has 0 spiro atoms. The van der Waals surface area contributed by atoms with Gasteiger partial charge in [-0.3, -0.25) is 9.69 Å². The highest BCUT2D eigenvalue weighted by molar-refractivity contribution is 5.76. The summed E-state index contributed by atoms with van der Waals surface area (Å²) in [5.74, 6) is 0.287. The lowest BCUT2D eigenvalue weighted by Gasteiger charge is -2.30. The first kappa shape index (κ1) is 17.5. The molecule has 1 atom stereocenters. The van der Waals surface area contributed by atoms with Crippen LogP contribution in [0.25, 0.3) is 0 Å². The molecular formula is C19H27N3O. The molecule has 0 bridgehead atoms. The molecule has 1 unspecified atom stereocenters. The first-order valence-electron chi connectivity index (χ1n) is 8.67. The van der Waals surface area contributed by atoms with E-state index in [0.717, 1.165) is 39.0 Å². The maximum atomic E-state index is 12.3. The van der Waals surface area contributed by atoms with Crippen molar-refractivity contribution in [2.24, 2.45) is 0 Å². The third-order valence-electron chi connectivity index (χ3n) is 4.80. The van der Waals surface area contributed by atoms with Crippen molar-refractivity contribution in [1.29, 1.82) is 5.26 Å². The second kappa shape index (κ2) is 8.69. The van der Waals surface area contributed by atoms with Crippen LogP contribution >= 0.6 is 0 Å². The van der Waals surface area contributed by atoms with Crippen LogP contribution in [0.1, 0.15) is 56.7 Å². The molecule has 0 aromatic heterocycles. The molecule has 124 valence electrons. The molecule has 4 nitrogen and oxygen atoms in total. The van der Waals surface area contributed by atoms with Crippen LogP contribution in [0.4, 0.5) is 0 Å². The van der Waals surface area contributed by atoms with Crippen LogP contribution in [0.2, 0.25) is 0 Å². The number of nitriles is 1. The van der Waals surface area contributed by atoms with Gasteiger partial charge in [-0.2, -0.15) is 5.26 Å². The van der Waals surface area contributed by atoms with E-state index in [1.165, 1.54) is 12.0 Å². The van der Waals surface area contributed by atoms with Gasteiger partial charge >= 0.3 is 0 Å². The van der Waals surface area contributed by atoms with E-state index in [4.69, 9.17) is 5.26 Å². The summed E-state index contributed by atoms with van der Waals surface area (Å²) in [4.78, 5) is 16.7. The average molecular weight is 313 g/mol. The monoisotopic (exact) mass is 313 g/mol. The minimum Gasteiger partial charge on any atom is -0.343 e. The number of benzene rings is 1. The van der Waals surface area contributed by atoms with Crippen molar-refractivity contribution in [2.45, 2.75) is 45.6 Å². The highest BCUT2D eigenvalue weighted by atomic mass is 16.2. The van der Waals surface area contributed by atoms with Crippen LogP contribution in [0.3, 0.4) is 0 Å². The Bertz CT molecular complexity index is 541. The number of hydrogen-bond donors (Lipinski definition) is 0. The van der Waals surface area contributed by atoms with E-state index in [-0.39, 0.29) is 11.9 Å². The van der Waals surface area contributed by atoms with Crippen molar-refractivity contribution in [1.82, 2.24) is 9.80 Å². The summed E-state index contributed by atoms with van der Waals surface area (Å²) in [5, 5.41) is 8.89. The van der Waals surface area contributed by atoms with Crippen molar-refractivity contribution >= 4 is 5.91 Å². The molecule has 23 heavy (non-hydrogen) atoms. The van der Waals surface area contributed by atoms with Gasteiger partial charge in [-0.1, -0.05) is 19.1 Å². The Hall–Kier alpha value is -1.86. The Morgan fingerprint density at radius 1 is 1.26 bits per heavy atom. The SMILES string of the molecule is CCN(CCC(=O)N1CCCCC1)C(C)c1ccc(C#N)cc1. The summed E-state index contributed by atoms with van der Waals surface area (Å²) in [7, 11) is 0. The molecule has 1 fully saturated rings. The molecule has 4 heteroatoms. The third kappa shape index (κ3) is 4.80. The highest BCUT2D eigenvalue weighted by Gasteiger charge is 2.19. The Morgan fingerprint density at radius 3 is 2.48 bits per heavy atom. The van der Waals surface area contributed by atoms with Crippen molar-refractivity contribution in [3.63, 3.8) is 0 Å². The fourth-order valence-electron chi connectivity index (χ4n) is 3.21. The highest BCUT2D eigenvalue weighted by Crippen LogP contribution is 2.21. The van der Waals surface area contributed by atoms with Gasteiger partial charge in [0.05, 0.1) is 11.6 Å². The molecule has 2 rings (SSSR count). The van der Waals surface area contributed by atoms with E-state index in [1.54, 1.807) is 0 Å². The first-order chi connectivity index (χ1) is 11.2. The normalized spacial score (nSPS) is 16.2. The zero-order valence-corrected chi connectivity index (χ0v) is 14.3. The maximum Gasteiger partial charge on any atom is 0.223 e. The van der Waals surface area contributed by atoms with Crippen LogP contribution in [0.5, 0.6) is 0 Å². The summed E-state index contributed by atoms with van der Waals surface area (Å²) in [6.45, 7) is 7.84. The van der Waals surface area contributed by atoms with Gasteiger partial charge in [0.25, 0.3) is 0 Å². The number of hydrogen-bond acceptors (Lipinski definition) is 3. The number of carbonyl (C=O) groups excluding carboxylic acids is 1. The summed E-state index contributed by atoms with van der Waals surface area (Å²) < 4.78 is 0. The van der Waals surface area contributed by atoms with E-state index in [1.807, 2.05) is 29.2 Å². The fraction of sp³-hybridized carbons (Fsp3) is 0.579. The molecule has 1 aromatic rings. The number of likely N-dealkylation sites (tertiary alicyclic amines) is 1. The molecule has 0 N–H and O–H groups in total. The maximum absolute atomic E-state index is 12.3. The summed E-state index contributed by atoms with van der Waals surface area (Å²) >= 11 is 0. The number of carbonyl (C=O) groups is 1. The van der Waals surface area contributed by atoms with Crippen LogP contribution in [0, 0.1) is 11.3 Å². The van der Waals surface area contributed by atoms with Crippen LogP contribution in [-0.2, 0) is 4.79 Å². The summed E-state index contributed by atoms with van der Waals surface area (Å²) in [5.41, 5.74) is 1.88. The van der Waals surface area contributed by atoms with Crippen molar-refractivity contribution in [3.05, 3.63) is 35.4 Å². The molecule has 0 aliphatic carbocycles. The van der Waals surface area contributed by atoms with Crippen LogP contribution in [0.15, 0.2) is 24.3 Å². The van der Waals surface area contributed by atoms with Crippen LogP contribution < -0.4 is 0 Å². The number of rotatable bonds is 6. The van der Waals surface area contributed by atoms with Crippen molar-refractivity contribution in [3.8, 4) is 6.07 Å². The summed E-state index contributed by atoms with van der Waals surface area (Å²) in [6.07, 6.45) is 4.13. The largest absolute Gasteiger partial charge is 0.343 e. The van der Waals surface area contributed by atoms with E-state index >= 15 is 0 Å². The Kier molecular flexibility index (Phi) is 6.61. The van der Waals surface area contributed by atoms with Gasteiger partial charge in [-0.25, -0.2) is 0 Å². The third-order valence-corrected chi connectivity index (χ3v) is 4.80. The van der Waals surface area contributed by atoms with Gasteiger partial charge in [0.15, 0.2) is 0 Å². The number of nitrogens with zero attached hydrogens (tertiary/aromatic N) is 3. The lowest BCUT2D eigenvalue weighted by Crippen LogP contribution is -2.38. The average Bonchev–Trinajstić information content (AvgIpc) is 2.62. The fourth-order valence-corrected chi connectivity index (χ4v) is 3.21. The Morgan fingerprint density at radius 2 is 1.91 bits per heavy atom. The van der Waals surface area contributed by atoms with Gasteiger partial charge < -0.3 is 4.90 Å². The number of piperidine rings is 1. The lowest BCUT2D eigenvalue weighted by atomic mass is 10.0. The molecule has 0 saturated carbocycles. The topological polar surface area (TPSA) is 47.3 Å². The molecule has 1 aliphatic rings. The van der Waals surface area contributed by atoms with E-state index in [9.17, 15) is 4.79 Å². The molecule has 1 heterocycles. The second-order valence-electron chi connectivity index (χ2n) is 6.23. The minimum atomic E-state index is 0.252. The minimum absolute atomic E-state index is 0.252. The first-order valence-corrected chi connectivity index (χ1v) is 8.67. The van der Waals surface area contributed by atoms with Gasteiger partial charge in [-0.15, -0.1) is 0 Å². The predicted molar refractivity (Wildman–Crippen MR) is 91.9 cm³/mol. The molecule has 1 aromatic carbocycles. The molecule has 1 aliphatic heterocycles. The van der Waals surface area contributed by atoms with Gasteiger partial charge in [-0.05, 0) is 50.4 Å².